The Morgan fingerprint density at radius 3 is 2.58 bits per heavy atom. The van der Waals surface area contributed by atoms with E-state index in [0.717, 1.165) is 16.8 Å². The number of alkyl carbamates (subject to hydrolysis) is 1. The molecule has 0 radical (unpaired) electrons. The van der Waals surface area contributed by atoms with Crippen LogP contribution >= 0.6 is 11.6 Å². The van der Waals surface area contributed by atoms with E-state index in [0.29, 0.717) is 17.1 Å². The molecule has 2 amide bonds. The number of benzene rings is 2. The molecule has 1 N–H and O–H groups in total. The van der Waals surface area contributed by atoms with Crippen LogP contribution in [0.4, 0.5) is 10.5 Å². The van der Waals surface area contributed by atoms with Crippen molar-refractivity contribution in [1.82, 2.24) is 10.3 Å². The molecule has 2 unspecified atom stereocenters. The topological polar surface area (TPSA) is 71.5 Å². The molecule has 2 atom stereocenters. The smallest absolute Gasteiger partial charge is 0.407 e. The van der Waals surface area contributed by atoms with E-state index in [2.05, 4.69) is 10.3 Å². The van der Waals surface area contributed by atoms with Crippen LogP contribution in [-0.2, 0) is 11.3 Å². The second-order valence-corrected chi connectivity index (χ2v) is 7.83. The van der Waals surface area contributed by atoms with Crippen LogP contribution < -0.4 is 10.2 Å². The van der Waals surface area contributed by atoms with Gasteiger partial charge in [-0.3, -0.25) is 4.79 Å². The number of halogens is 1. The van der Waals surface area contributed by atoms with Crippen molar-refractivity contribution < 1.29 is 14.3 Å². The lowest BCUT2D eigenvalue weighted by atomic mass is 9.91. The molecule has 0 aliphatic carbocycles. The van der Waals surface area contributed by atoms with Gasteiger partial charge in [0.05, 0.1) is 11.6 Å². The first-order chi connectivity index (χ1) is 15.0. The number of carbonyl (C=O) groups excluding carboxylic acids is 2. The van der Waals surface area contributed by atoms with Gasteiger partial charge in [0.1, 0.15) is 11.8 Å². The summed E-state index contributed by atoms with van der Waals surface area (Å²) in [7, 11) is 0. The Balaban J connectivity index is 1.52. The fraction of sp³-hybridized carbons (Fsp3) is 0.208. The van der Waals surface area contributed by atoms with E-state index in [4.69, 9.17) is 16.3 Å². The molecule has 1 aromatic heterocycles. The molecule has 0 saturated heterocycles. The summed E-state index contributed by atoms with van der Waals surface area (Å²) in [5.41, 5.74) is 3.00. The SMILES string of the molecule is CC1CC(NC(=O)OCc2ccccc2)c2ccccc2N1C(=O)c1ccc(Cl)nc1. The first-order valence-corrected chi connectivity index (χ1v) is 10.4. The Hall–Kier alpha value is -3.38. The molecule has 3 aromatic rings. The van der Waals surface area contributed by atoms with E-state index in [1.807, 2.05) is 61.5 Å². The van der Waals surface area contributed by atoms with Crippen LogP contribution in [-0.4, -0.2) is 23.0 Å². The lowest BCUT2D eigenvalue weighted by molar-refractivity contribution is 0.0971. The van der Waals surface area contributed by atoms with Gasteiger partial charge in [-0.2, -0.15) is 0 Å². The molecule has 1 aliphatic rings. The van der Waals surface area contributed by atoms with Crippen molar-refractivity contribution in [3.63, 3.8) is 0 Å². The highest BCUT2D eigenvalue weighted by Gasteiger charge is 2.35. The van der Waals surface area contributed by atoms with Gasteiger partial charge in [-0.05, 0) is 42.7 Å². The first-order valence-electron chi connectivity index (χ1n) is 10.0. The molecule has 2 heterocycles. The molecule has 6 nitrogen and oxygen atoms in total. The maximum Gasteiger partial charge on any atom is 0.407 e. The summed E-state index contributed by atoms with van der Waals surface area (Å²) in [5.74, 6) is -0.158. The molecule has 0 spiro atoms. The summed E-state index contributed by atoms with van der Waals surface area (Å²) >= 11 is 5.86. The Labute approximate surface area is 185 Å². The van der Waals surface area contributed by atoms with Crippen LogP contribution in [0.3, 0.4) is 0 Å². The van der Waals surface area contributed by atoms with E-state index in [9.17, 15) is 9.59 Å². The van der Waals surface area contributed by atoms with Gasteiger partial charge < -0.3 is 15.0 Å². The largest absolute Gasteiger partial charge is 0.445 e. The molecule has 1 aliphatic heterocycles. The fourth-order valence-electron chi connectivity index (χ4n) is 3.81. The molecular formula is C24H22ClN3O3. The number of hydrogen-bond donors (Lipinski definition) is 1. The van der Waals surface area contributed by atoms with E-state index in [1.54, 1.807) is 17.0 Å². The summed E-state index contributed by atoms with van der Waals surface area (Å²) in [4.78, 5) is 31.4. The third-order valence-corrected chi connectivity index (χ3v) is 5.51. The number of para-hydroxylation sites is 1. The quantitative estimate of drug-likeness (QED) is 0.576. The maximum absolute atomic E-state index is 13.2. The normalized spacial score (nSPS) is 17.5. The van der Waals surface area contributed by atoms with Crippen LogP contribution in [0.25, 0.3) is 0 Å². The van der Waals surface area contributed by atoms with Gasteiger partial charge in [-0.1, -0.05) is 60.1 Å². The second kappa shape index (κ2) is 9.18. The van der Waals surface area contributed by atoms with Crippen LogP contribution in [0.15, 0.2) is 72.9 Å². The zero-order valence-electron chi connectivity index (χ0n) is 17.0. The molecule has 4 rings (SSSR count). The lowest BCUT2D eigenvalue weighted by Crippen LogP contribution is -2.46. The number of hydrogen-bond acceptors (Lipinski definition) is 4. The van der Waals surface area contributed by atoms with Crippen LogP contribution in [0.2, 0.25) is 5.15 Å². The molecule has 158 valence electrons. The molecular weight excluding hydrogens is 414 g/mol. The van der Waals surface area contributed by atoms with Crippen molar-refractivity contribution in [3.8, 4) is 0 Å². The van der Waals surface area contributed by atoms with E-state index in [-0.39, 0.29) is 24.6 Å². The summed E-state index contributed by atoms with van der Waals surface area (Å²) in [6, 6.07) is 20.0. The van der Waals surface area contributed by atoms with E-state index >= 15 is 0 Å². The number of amides is 2. The monoisotopic (exact) mass is 435 g/mol. The number of nitrogens with zero attached hydrogens (tertiary/aromatic N) is 2. The number of ether oxygens (including phenoxy) is 1. The van der Waals surface area contributed by atoms with E-state index in [1.165, 1.54) is 6.20 Å². The standard InChI is InChI=1S/C24H22ClN3O3/c1-16-13-20(27-24(30)31-15-17-7-3-2-4-8-17)19-9-5-6-10-21(19)28(16)23(29)18-11-12-22(25)26-14-18/h2-12,14,16,20H,13,15H2,1H3,(H,27,30). The molecule has 0 saturated carbocycles. The van der Waals surface area contributed by atoms with Gasteiger partial charge in [0, 0.05) is 17.9 Å². The van der Waals surface area contributed by atoms with Gasteiger partial charge in [0.25, 0.3) is 5.91 Å². The molecule has 7 heteroatoms. The number of fused-ring (bicyclic) bond motifs is 1. The summed E-state index contributed by atoms with van der Waals surface area (Å²) in [6.45, 7) is 2.16. The van der Waals surface area contributed by atoms with Crippen molar-refractivity contribution in [3.05, 3.63) is 94.8 Å². The predicted molar refractivity (Wildman–Crippen MR) is 119 cm³/mol. The first kappa shape index (κ1) is 20.9. The number of carbonyl (C=O) groups is 2. The maximum atomic E-state index is 13.2. The highest BCUT2D eigenvalue weighted by atomic mass is 35.5. The predicted octanol–water partition coefficient (Wildman–Crippen LogP) is 5.14. The highest BCUT2D eigenvalue weighted by Crippen LogP contribution is 2.37. The summed E-state index contributed by atoms with van der Waals surface area (Å²) in [6.07, 6.45) is 1.55. The van der Waals surface area contributed by atoms with Gasteiger partial charge in [0.2, 0.25) is 0 Å². The third-order valence-electron chi connectivity index (χ3n) is 5.29. The summed E-state index contributed by atoms with van der Waals surface area (Å²) < 4.78 is 5.38. The number of rotatable bonds is 4. The minimum atomic E-state index is -0.488. The van der Waals surface area contributed by atoms with Crippen LogP contribution in [0, 0.1) is 0 Å². The molecule has 0 fully saturated rings. The number of pyridine rings is 1. The average Bonchev–Trinajstić information content (AvgIpc) is 2.79. The van der Waals surface area contributed by atoms with Crippen molar-refractivity contribution in [1.29, 1.82) is 0 Å². The third kappa shape index (κ3) is 4.70. The number of aromatic nitrogens is 1. The van der Waals surface area contributed by atoms with Crippen molar-refractivity contribution in [2.75, 3.05) is 4.90 Å². The van der Waals surface area contributed by atoms with Gasteiger partial charge in [-0.25, -0.2) is 9.78 Å². The molecule has 31 heavy (non-hydrogen) atoms. The fourth-order valence-corrected chi connectivity index (χ4v) is 3.92. The minimum Gasteiger partial charge on any atom is -0.445 e. The zero-order chi connectivity index (χ0) is 21.8. The molecule has 0 bridgehead atoms. The average molecular weight is 436 g/mol. The second-order valence-electron chi connectivity index (χ2n) is 7.45. The van der Waals surface area contributed by atoms with Gasteiger partial charge in [-0.15, -0.1) is 0 Å². The van der Waals surface area contributed by atoms with Gasteiger partial charge >= 0.3 is 6.09 Å². The number of anilines is 1. The molecule has 2 aromatic carbocycles. The van der Waals surface area contributed by atoms with Crippen molar-refractivity contribution in [2.24, 2.45) is 0 Å². The lowest BCUT2D eigenvalue weighted by Gasteiger charge is -2.39. The van der Waals surface area contributed by atoms with Gasteiger partial charge in [0.15, 0.2) is 0 Å². The van der Waals surface area contributed by atoms with Crippen LogP contribution in [0.1, 0.15) is 40.9 Å². The zero-order valence-corrected chi connectivity index (χ0v) is 17.8. The Kier molecular flexibility index (Phi) is 6.18. The Morgan fingerprint density at radius 1 is 1.10 bits per heavy atom. The van der Waals surface area contributed by atoms with Crippen LogP contribution in [0.5, 0.6) is 0 Å². The summed E-state index contributed by atoms with van der Waals surface area (Å²) in [5, 5.41) is 3.29. The Bertz CT molecular complexity index is 1070. The Morgan fingerprint density at radius 2 is 1.84 bits per heavy atom. The number of nitrogens with one attached hydrogen (secondary N) is 1. The highest BCUT2D eigenvalue weighted by molar-refractivity contribution is 6.29. The van der Waals surface area contributed by atoms with E-state index < -0.39 is 6.09 Å². The van der Waals surface area contributed by atoms with Crippen molar-refractivity contribution in [2.45, 2.75) is 32.0 Å². The minimum absolute atomic E-state index is 0.141. The van der Waals surface area contributed by atoms with Crippen molar-refractivity contribution >= 4 is 29.3 Å².